The Balaban J connectivity index is 3.41. The van der Waals surface area contributed by atoms with Crippen LogP contribution in [-0.2, 0) is 0 Å². The minimum absolute atomic E-state index is 0.744. The second-order valence-corrected chi connectivity index (χ2v) is 12.1. The van der Waals surface area contributed by atoms with E-state index in [1.807, 2.05) is 0 Å². The van der Waals surface area contributed by atoms with Crippen molar-refractivity contribution in [3.8, 4) is 0 Å². The summed E-state index contributed by atoms with van der Waals surface area (Å²) in [4.78, 5) is 2.55. The number of rotatable bonds is 8. The molecule has 2 heteroatoms. The molecule has 1 nitrogen and oxygen atoms in total. The fourth-order valence-corrected chi connectivity index (χ4v) is 6.36. The predicted octanol–water partition coefficient (Wildman–Crippen LogP) is 2.99. The van der Waals surface area contributed by atoms with E-state index in [0.717, 1.165) is 0 Å². The van der Waals surface area contributed by atoms with Crippen molar-refractivity contribution in [1.29, 1.82) is 0 Å². The van der Waals surface area contributed by atoms with Crippen molar-refractivity contribution < 1.29 is 0 Å². The summed E-state index contributed by atoms with van der Waals surface area (Å²) in [6.45, 7) is 13.1. The van der Waals surface area contributed by atoms with E-state index in [-0.39, 0.29) is 0 Å². The summed E-state index contributed by atoms with van der Waals surface area (Å²) in [6, 6.07) is 0. The van der Waals surface area contributed by atoms with Crippen LogP contribution in [0.2, 0.25) is 15.8 Å². The van der Waals surface area contributed by atoms with Crippen molar-refractivity contribution in [2.24, 2.45) is 0 Å². The molecule has 0 saturated heterocycles. The quantitative estimate of drug-likeness (QED) is 0.595. The Hall–Kier alpha value is 0.503. The zero-order valence-corrected chi connectivity index (χ0v) is 12.4. The third kappa shape index (κ3) is 6.56. The molecule has 0 aromatic rings. The van der Waals surface area contributed by atoms with Gasteiger partial charge in [0.05, 0.1) is 0 Å². The Morgan fingerprint density at radius 2 is 1.46 bits per heavy atom. The molecule has 0 atom stereocenters. The van der Waals surface area contributed by atoms with Gasteiger partial charge in [0, 0.05) is 0 Å². The van der Waals surface area contributed by atoms with E-state index in [1.165, 1.54) is 26.1 Å². The first-order valence-corrected chi connectivity index (χ1v) is 11.1. The summed E-state index contributed by atoms with van der Waals surface area (Å²) >= 11 is -0.744. The van der Waals surface area contributed by atoms with Gasteiger partial charge in [-0.15, -0.1) is 0 Å². The summed E-state index contributed by atoms with van der Waals surface area (Å²) in [7, 11) is 0. The van der Waals surface area contributed by atoms with Crippen LogP contribution in [0.5, 0.6) is 0 Å². The van der Waals surface area contributed by atoms with E-state index in [0.29, 0.717) is 0 Å². The van der Waals surface area contributed by atoms with Gasteiger partial charge in [-0.3, -0.25) is 0 Å². The average molecular weight is 246 g/mol. The van der Waals surface area contributed by atoms with Gasteiger partial charge in [-0.25, -0.2) is 0 Å². The summed E-state index contributed by atoms with van der Waals surface area (Å²) in [5, 5.41) is 4.69. The fraction of sp³-hybridized carbons (Fsp3) is 1.00. The third-order valence-electron chi connectivity index (χ3n) is 3.14. The van der Waals surface area contributed by atoms with Gasteiger partial charge >= 0.3 is 88.8 Å². The van der Waals surface area contributed by atoms with Crippen molar-refractivity contribution in [3.63, 3.8) is 0 Å². The molecule has 0 fully saturated rings. The zero-order chi connectivity index (χ0) is 10.1. The van der Waals surface area contributed by atoms with Gasteiger partial charge in [-0.1, -0.05) is 0 Å². The van der Waals surface area contributed by atoms with Gasteiger partial charge in [-0.2, -0.15) is 0 Å². The van der Waals surface area contributed by atoms with E-state index in [9.17, 15) is 0 Å². The van der Waals surface area contributed by atoms with Crippen molar-refractivity contribution in [3.05, 3.63) is 0 Å². The molecule has 0 bridgehead atoms. The molecule has 0 aromatic heterocycles. The molecule has 0 N–H and O–H groups in total. The first-order valence-electron chi connectivity index (χ1n) is 6.00. The Bertz CT molecular complexity index is 86.3. The van der Waals surface area contributed by atoms with Crippen LogP contribution in [-0.4, -0.2) is 38.9 Å². The van der Waals surface area contributed by atoms with Gasteiger partial charge in [0.15, 0.2) is 0 Å². The molecule has 0 aromatic carbocycles. The molecular weight excluding hydrogens is 219 g/mol. The van der Waals surface area contributed by atoms with E-state index in [1.54, 1.807) is 15.8 Å². The van der Waals surface area contributed by atoms with Gasteiger partial charge in [0.1, 0.15) is 0 Å². The number of hydrogen-bond donors (Lipinski definition) is 0. The van der Waals surface area contributed by atoms with Crippen LogP contribution in [0.4, 0.5) is 0 Å². The van der Waals surface area contributed by atoms with Gasteiger partial charge in [-0.05, 0) is 0 Å². The second kappa shape index (κ2) is 9.07. The Morgan fingerprint density at radius 1 is 0.923 bits per heavy atom. The Morgan fingerprint density at radius 3 is 1.85 bits per heavy atom. The van der Waals surface area contributed by atoms with Crippen LogP contribution >= 0.6 is 0 Å². The molecule has 80 valence electrons. The Labute approximate surface area is 89.0 Å². The summed E-state index contributed by atoms with van der Waals surface area (Å²) in [6.07, 6.45) is 1.47. The number of nitrogens with zero attached hydrogens (tertiary/aromatic N) is 1. The molecule has 0 aliphatic carbocycles. The predicted molar refractivity (Wildman–Crippen MR) is 65.3 cm³/mol. The monoisotopic (exact) mass is 247 g/mol. The zero-order valence-electron chi connectivity index (χ0n) is 9.97. The Kier molecular flexibility index (Phi) is 9.42. The molecule has 13 heavy (non-hydrogen) atoms. The first-order chi connectivity index (χ1) is 6.28. The normalized spacial score (nSPS) is 11.5. The van der Waals surface area contributed by atoms with Crippen LogP contribution in [0.25, 0.3) is 0 Å². The van der Waals surface area contributed by atoms with E-state index < -0.39 is 14.3 Å². The molecule has 0 amide bonds. The van der Waals surface area contributed by atoms with Crippen LogP contribution < -0.4 is 0 Å². The maximum atomic E-state index is 2.55. The van der Waals surface area contributed by atoms with E-state index in [2.05, 4.69) is 32.6 Å². The van der Waals surface area contributed by atoms with Gasteiger partial charge < -0.3 is 0 Å². The van der Waals surface area contributed by atoms with Crippen LogP contribution in [0, 0.1) is 0 Å². The SMILES string of the molecule is CCN(CC)CC[CH2][GeH]([CH2]C)[CH2]C. The topological polar surface area (TPSA) is 3.24 Å². The van der Waals surface area contributed by atoms with E-state index in [4.69, 9.17) is 0 Å². The molecule has 0 radical (unpaired) electrons. The average Bonchev–Trinajstić information content (AvgIpc) is 2.19. The van der Waals surface area contributed by atoms with Crippen molar-refractivity contribution >= 4 is 14.3 Å². The van der Waals surface area contributed by atoms with E-state index >= 15 is 0 Å². The molecule has 0 aliphatic heterocycles. The molecular formula is C11H27GeN. The first kappa shape index (κ1) is 13.5. The summed E-state index contributed by atoms with van der Waals surface area (Å²) in [5.41, 5.74) is 0. The fourth-order valence-electron chi connectivity index (χ4n) is 1.84. The molecule has 0 aliphatic rings. The second-order valence-electron chi connectivity index (χ2n) is 3.85. The number of hydrogen-bond acceptors (Lipinski definition) is 1. The van der Waals surface area contributed by atoms with Crippen LogP contribution in [0.3, 0.4) is 0 Å². The maximum absolute atomic E-state index is 2.55. The van der Waals surface area contributed by atoms with Crippen molar-refractivity contribution in [1.82, 2.24) is 4.90 Å². The van der Waals surface area contributed by atoms with Gasteiger partial charge in [0.2, 0.25) is 0 Å². The van der Waals surface area contributed by atoms with Crippen molar-refractivity contribution in [2.45, 2.75) is 49.9 Å². The molecule has 0 rings (SSSR count). The summed E-state index contributed by atoms with van der Waals surface area (Å²) in [5.74, 6) is 0. The van der Waals surface area contributed by atoms with Crippen LogP contribution in [0.15, 0.2) is 0 Å². The van der Waals surface area contributed by atoms with Crippen LogP contribution in [0.1, 0.15) is 34.1 Å². The standard InChI is InChI=1S/C11H27GeN/c1-5-12(6-2)10-9-11-13(7-3)8-4/h12H,5-11H2,1-4H3. The molecule has 0 spiro atoms. The third-order valence-corrected chi connectivity index (χ3v) is 10.6. The summed E-state index contributed by atoms with van der Waals surface area (Å²) < 4.78 is 0. The molecule has 0 unspecified atom stereocenters. The minimum atomic E-state index is -0.744. The molecule has 0 saturated carbocycles. The van der Waals surface area contributed by atoms with Gasteiger partial charge in [0.25, 0.3) is 0 Å². The van der Waals surface area contributed by atoms with Crippen molar-refractivity contribution in [2.75, 3.05) is 19.6 Å². The molecule has 0 heterocycles.